The van der Waals surface area contributed by atoms with E-state index in [-0.39, 0.29) is 17.0 Å². The van der Waals surface area contributed by atoms with Gasteiger partial charge in [-0.1, -0.05) is 36.8 Å². The van der Waals surface area contributed by atoms with E-state index in [0.717, 1.165) is 23.1 Å². The smallest absolute Gasteiger partial charge is 0.338 e. The zero-order valence-corrected chi connectivity index (χ0v) is 18.7. The maximum Gasteiger partial charge on any atom is 0.338 e. The fourth-order valence-electron chi connectivity index (χ4n) is 2.44. The Morgan fingerprint density at radius 3 is 2.79 bits per heavy atom. The molecule has 2 N–H and O–H groups in total. The van der Waals surface area contributed by atoms with E-state index in [2.05, 4.69) is 31.5 Å². The lowest BCUT2D eigenvalue weighted by atomic mass is 10.2. The summed E-state index contributed by atoms with van der Waals surface area (Å²) in [6.07, 6.45) is 1.80. The molecule has 0 fully saturated rings. The predicted molar refractivity (Wildman–Crippen MR) is 123 cm³/mol. The van der Waals surface area contributed by atoms with Crippen molar-refractivity contribution in [3.05, 3.63) is 58.1 Å². The molecule has 3 aromatic rings. The first-order chi connectivity index (χ1) is 14.0. The standard InChI is InChI=1S/C20H18BrN3O3S2/c1-2-3-10-27-18(26)12-8-9-15-16(11-12)29-20(22-15)24-19(28)23-17(25)13-6-4-5-7-14(13)21/h4-9,11H,2-3,10H2,1H3,(H2,22,23,24,25,28). The second kappa shape index (κ2) is 9.91. The molecule has 2 aromatic carbocycles. The molecule has 1 amide bonds. The number of halogens is 1. The summed E-state index contributed by atoms with van der Waals surface area (Å²) in [5.74, 6) is -0.673. The summed E-state index contributed by atoms with van der Waals surface area (Å²) in [4.78, 5) is 28.9. The lowest BCUT2D eigenvalue weighted by Crippen LogP contribution is -2.34. The van der Waals surface area contributed by atoms with E-state index in [1.54, 1.807) is 36.4 Å². The molecule has 0 radical (unpaired) electrons. The Hall–Kier alpha value is -2.36. The number of anilines is 1. The Kier molecular flexibility index (Phi) is 7.29. The number of thiazole rings is 1. The van der Waals surface area contributed by atoms with Gasteiger partial charge in [0.15, 0.2) is 10.2 Å². The average molecular weight is 492 g/mol. The Bertz CT molecular complexity index is 1070. The number of fused-ring (bicyclic) bond motifs is 1. The summed E-state index contributed by atoms with van der Waals surface area (Å²) in [6.45, 7) is 2.45. The lowest BCUT2D eigenvalue weighted by Gasteiger charge is -2.08. The fraction of sp³-hybridized carbons (Fsp3) is 0.200. The van der Waals surface area contributed by atoms with Gasteiger partial charge in [-0.15, -0.1) is 0 Å². The summed E-state index contributed by atoms with van der Waals surface area (Å²) in [6, 6.07) is 12.3. The van der Waals surface area contributed by atoms with Crippen LogP contribution in [0.2, 0.25) is 0 Å². The molecule has 9 heteroatoms. The van der Waals surface area contributed by atoms with Gasteiger partial charge >= 0.3 is 5.97 Å². The van der Waals surface area contributed by atoms with E-state index in [1.807, 2.05) is 13.0 Å². The van der Waals surface area contributed by atoms with Gasteiger partial charge < -0.3 is 10.1 Å². The molecule has 0 aliphatic carbocycles. The first-order valence-electron chi connectivity index (χ1n) is 8.92. The van der Waals surface area contributed by atoms with Crippen LogP contribution in [0.15, 0.2) is 46.9 Å². The van der Waals surface area contributed by atoms with Crippen molar-refractivity contribution in [2.45, 2.75) is 19.8 Å². The minimum Gasteiger partial charge on any atom is -0.462 e. The lowest BCUT2D eigenvalue weighted by molar-refractivity contribution is 0.0500. The molecule has 6 nitrogen and oxygen atoms in total. The van der Waals surface area contributed by atoms with E-state index in [9.17, 15) is 9.59 Å². The van der Waals surface area contributed by atoms with Crippen LogP contribution in [0, 0.1) is 0 Å². The molecule has 0 unspecified atom stereocenters. The monoisotopic (exact) mass is 491 g/mol. The summed E-state index contributed by atoms with van der Waals surface area (Å²) in [7, 11) is 0. The van der Waals surface area contributed by atoms with E-state index >= 15 is 0 Å². The van der Waals surface area contributed by atoms with Crippen molar-refractivity contribution in [3.8, 4) is 0 Å². The molecule has 3 rings (SSSR count). The number of hydrogen-bond acceptors (Lipinski definition) is 6. The van der Waals surface area contributed by atoms with Gasteiger partial charge in [0.05, 0.1) is 28.0 Å². The van der Waals surface area contributed by atoms with Crippen LogP contribution in [-0.4, -0.2) is 28.6 Å². The molecule has 1 aromatic heterocycles. The topological polar surface area (TPSA) is 80.3 Å². The maximum absolute atomic E-state index is 12.3. The van der Waals surface area contributed by atoms with Crippen molar-refractivity contribution in [1.82, 2.24) is 10.3 Å². The van der Waals surface area contributed by atoms with Crippen molar-refractivity contribution >= 4 is 71.8 Å². The molecule has 0 aliphatic rings. The van der Waals surface area contributed by atoms with E-state index in [1.165, 1.54) is 11.3 Å². The van der Waals surface area contributed by atoms with Crippen LogP contribution in [0.1, 0.15) is 40.5 Å². The van der Waals surface area contributed by atoms with Gasteiger partial charge in [0.2, 0.25) is 0 Å². The maximum atomic E-state index is 12.3. The first-order valence-corrected chi connectivity index (χ1v) is 10.9. The van der Waals surface area contributed by atoms with Crippen LogP contribution in [-0.2, 0) is 4.74 Å². The molecular weight excluding hydrogens is 474 g/mol. The minimum atomic E-state index is -0.348. The number of esters is 1. The Morgan fingerprint density at radius 1 is 1.24 bits per heavy atom. The van der Waals surface area contributed by atoms with E-state index in [0.29, 0.717) is 27.3 Å². The summed E-state index contributed by atoms with van der Waals surface area (Å²) >= 11 is 9.90. The molecule has 0 aliphatic heterocycles. The zero-order valence-electron chi connectivity index (χ0n) is 15.5. The number of rotatable bonds is 6. The highest BCUT2D eigenvalue weighted by Crippen LogP contribution is 2.27. The molecule has 0 bridgehead atoms. The molecule has 0 saturated carbocycles. The number of unbranched alkanes of at least 4 members (excludes halogenated alkanes) is 1. The highest BCUT2D eigenvalue weighted by molar-refractivity contribution is 9.10. The van der Waals surface area contributed by atoms with Crippen LogP contribution in [0.3, 0.4) is 0 Å². The van der Waals surface area contributed by atoms with Gasteiger partial charge in [-0.2, -0.15) is 0 Å². The molecule has 0 saturated heterocycles. The molecule has 1 heterocycles. The highest BCUT2D eigenvalue weighted by atomic mass is 79.9. The van der Waals surface area contributed by atoms with Gasteiger partial charge in [-0.05, 0) is 64.9 Å². The number of hydrogen-bond donors (Lipinski definition) is 2. The van der Waals surface area contributed by atoms with Gasteiger partial charge in [0.1, 0.15) is 0 Å². The van der Waals surface area contributed by atoms with E-state index in [4.69, 9.17) is 17.0 Å². The summed E-state index contributed by atoms with van der Waals surface area (Å²) < 4.78 is 6.74. The Morgan fingerprint density at radius 2 is 2.03 bits per heavy atom. The molecule has 0 spiro atoms. The second-order valence-corrected chi connectivity index (χ2v) is 8.37. The number of benzene rings is 2. The van der Waals surface area contributed by atoms with Gasteiger partial charge in [0, 0.05) is 4.47 Å². The van der Waals surface area contributed by atoms with Crippen molar-refractivity contribution in [3.63, 3.8) is 0 Å². The molecule has 29 heavy (non-hydrogen) atoms. The SMILES string of the molecule is CCCCOC(=O)c1ccc2nc(NC(=S)NC(=O)c3ccccc3Br)sc2c1. The fourth-order valence-corrected chi connectivity index (χ4v) is 4.07. The average Bonchev–Trinajstić information content (AvgIpc) is 3.09. The van der Waals surface area contributed by atoms with Crippen LogP contribution in [0.5, 0.6) is 0 Å². The van der Waals surface area contributed by atoms with Crippen molar-refractivity contribution in [1.29, 1.82) is 0 Å². The molecular formula is C20H18BrN3O3S2. The van der Waals surface area contributed by atoms with Crippen molar-refractivity contribution in [2.24, 2.45) is 0 Å². The third-order valence-corrected chi connectivity index (χ3v) is 5.75. The molecule has 0 atom stereocenters. The number of aromatic nitrogens is 1. The summed E-state index contributed by atoms with van der Waals surface area (Å²) in [5.41, 5.74) is 1.68. The van der Waals surface area contributed by atoms with Gasteiger partial charge in [0.25, 0.3) is 5.91 Å². The number of nitrogens with one attached hydrogen (secondary N) is 2. The number of carbonyl (C=O) groups excluding carboxylic acids is 2. The second-order valence-electron chi connectivity index (χ2n) is 6.08. The zero-order chi connectivity index (χ0) is 20.8. The first kappa shape index (κ1) is 21.4. The van der Waals surface area contributed by atoms with Crippen LogP contribution in [0.25, 0.3) is 10.2 Å². The normalized spacial score (nSPS) is 10.6. The number of thiocarbonyl (C=S) groups is 1. The third kappa shape index (κ3) is 5.59. The van der Waals surface area contributed by atoms with E-state index < -0.39 is 0 Å². The third-order valence-electron chi connectivity index (χ3n) is 3.92. The number of nitrogens with zero attached hydrogens (tertiary/aromatic N) is 1. The molecule has 150 valence electrons. The van der Waals surface area contributed by atoms with Crippen molar-refractivity contribution < 1.29 is 14.3 Å². The largest absolute Gasteiger partial charge is 0.462 e. The van der Waals surface area contributed by atoms with Gasteiger partial charge in [-0.25, -0.2) is 9.78 Å². The van der Waals surface area contributed by atoms with Crippen LogP contribution in [0.4, 0.5) is 5.13 Å². The quantitative estimate of drug-likeness (QED) is 0.282. The predicted octanol–water partition coefficient (Wildman–Crippen LogP) is 5.14. The number of ether oxygens (including phenoxy) is 1. The Balaban J connectivity index is 1.66. The number of amides is 1. The highest BCUT2D eigenvalue weighted by Gasteiger charge is 2.14. The van der Waals surface area contributed by atoms with Gasteiger partial charge in [-0.3, -0.25) is 10.1 Å². The minimum absolute atomic E-state index is 0.143. The Labute approximate surface area is 185 Å². The van der Waals surface area contributed by atoms with Crippen LogP contribution < -0.4 is 10.6 Å². The number of carbonyl (C=O) groups is 2. The van der Waals surface area contributed by atoms with Crippen LogP contribution >= 0.6 is 39.5 Å². The van der Waals surface area contributed by atoms with Crippen molar-refractivity contribution in [2.75, 3.05) is 11.9 Å². The summed E-state index contributed by atoms with van der Waals surface area (Å²) in [5, 5.41) is 6.21.